The third-order valence-electron chi connectivity index (χ3n) is 3.76. The minimum Gasteiger partial charge on any atom is -0.457 e. The second kappa shape index (κ2) is 6.52. The number of rotatable bonds is 5. The number of hydrogen-bond donors (Lipinski definition) is 3. The summed E-state index contributed by atoms with van der Waals surface area (Å²) < 4.78 is 5.73. The Balaban J connectivity index is 1.96. The highest BCUT2D eigenvalue weighted by molar-refractivity contribution is 6.10. The molecule has 0 spiro atoms. The number of primary amides is 1. The lowest BCUT2D eigenvalue weighted by molar-refractivity contribution is 0.0999. The van der Waals surface area contributed by atoms with Crippen LogP contribution in [0.15, 0.2) is 54.6 Å². The lowest BCUT2D eigenvalue weighted by Crippen LogP contribution is -2.13. The summed E-state index contributed by atoms with van der Waals surface area (Å²) in [6.07, 6.45) is 0. The summed E-state index contributed by atoms with van der Waals surface area (Å²) in [4.78, 5) is 26.3. The Labute approximate surface area is 144 Å². The van der Waals surface area contributed by atoms with E-state index in [4.69, 9.17) is 16.2 Å². The molecule has 1 amide bonds. The first-order valence-electron chi connectivity index (χ1n) is 7.63. The van der Waals surface area contributed by atoms with Gasteiger partial charge in [-0.1, -0.05) is 18.2 Å². The molecule has 25 heavy (non-hydrogen) atoms. The fourth-order valence-corrected chi connectivity index (χ4v) is 2.58. The molecule has 0 unspecified atom stereocenters. The van der Waals surface area contributed by atoms with Crippen LogP contribution in [-0.4, -0.2) is 16.7 Å². The van der Waals surface area contributed by atoms with Crippen LogP contribution in [0, 0.1) is 0 Å². The van der Waals surface area contributed by atoms with E-state index in [0.29, 0.717) is 17.0 Å². The molecule has 3 aromatic rings. The van der Waals surface area contributed by atoms with Gasteiger partial charge in [-0.15, -0.1) is 0 Å². The van der Waals surface area contributed by atoms with E-state index >= 15 is 0 Å². The number of benzene rings is 2. The second-order valence-electron chi connectivity index (χ2n) is 5.52. The molecule has 1 heterocycles. The van der Waals surface area contributed by atoms with Gasteiger partial charge in [0.25, 0.3) is 5.91 Å². The maximum absolute atomic E-state index is 11.7. The highest BCUT2D eigenvalue weighted by atomic mass is 16.5. The SMILES string of the molecule is CC(=O)c1[nH]c(-c2ccc(Oc3ccccc3)cc2)c(C(N)=O)c1N. The van der Waals surface area contributed by atoms with Gasteiger partial charge in [-0.05, 0) is 42.0 Å². The summed E-state index contributed by atoms with van der Waals surface area (Å²) >= 11 is 0. The van der Waals surface area contributed by atoms with Crippen molar-refractivity contribution in [3.63, 3.8) is 0 Å². The number of nitrogens with two attached hydrogens (primary N) is 2. The summed E-state index contributed by atoms with van der Waals surface area (Å²) in [6.45, 7) is 1.37. The highest BCUT2D eigenvalue weighted by Crippen LogP contribution is 2.32. The van der Waals surface area contributed by atoms with E-state index in [0.717, 1.165) is 5.75 Å². The third kappa shape index (κ3) is 3.23. The number of aromatic amines is 1. The Hall–Kier alpha value is -3.54. The number of para-hydroxylation sites is 1. The molecule has 0 aliphatic carbocycles. The Morgan fingerprint density at radius 1 is 0.960 bits per heavy atom. The first kappa shape index (κ1) is 16.3. The first-order chi connectivity index (χ1) is 12.0. The molecule has 0 saturated heterocycles. The fraction of sp³-hybridized carbons (Fsp3) is 0.0526. The Morgan fingerprint density at radius 3 is 2.12 bits per heavy atom. The monoisotopic (exact) mass is 335 g/mol. The predicted octanol–water partition coefficient (Wildman–Crippen LogP) is 3.36. The Morgan fingerprint density at radius 2 is 1.56 bits per heavy atom. The normalized spacial score (nSPS) is 10.4. The molecule has 2 aromatic carbocycles. The molecule has 6 nitrogen and oxygen atoms in total. The van der Waals surface area contributed by atoms with Gasteiger partial charge >= 0.3 is 0 Å². The number of amides is 1. The van der Waals surface area contributed by atoms with Gasteiger partial charge in [0.15, 0.2) is 5.78 Å². The van der Waals surface area contributed by atoms with E-state index in [-0.39, 0.29) is 22.7 Å². The van der Waals surface area contributed by atoms with Crippen molar-refractivity contribution < 1.29 is 14.3 Å². The molecule has 0 aliphatic heterocycles. The number of carbonyl (C=O) groups is 2. The van der Waals surface area contributed by atoms with Crippen molar-refractivity contribution in [3.05, 3.63) is 65.9 Å². The average Bonchev–Trinajstić information content (AvgIpc) is 2.94. The van der Waals surface area contributed by atoms with Crippen molar-refractivity contribution in [3.8, 4) is 22.8 Å². The molecule has 0 fully saturated rings. The first-order valence-corrected chi connectivity index (χ1v) is 7.63. The second-order valence-corrected chi connectivity index (χ2v) is 5.52. The maximum Gasteiger partial charge on any atom is 0.253 e. The Bertz CT molecular complexity index is 929. The molecule has 126 valence electrons. The maximum atomic E-state index is 11.7. The largest absolute Gasteiger partial charge is 0.457 e. The Kier molecular flexibility index (Phi) is 4.26. The summed E-state index contributed by atoms with van der Waals surface area (Å²) in [7, 11) is 0. The minimum absolute atomic E-state index is 0.0691. The van der Waals surface area contributed by atoms with Gasteiger partial charge in [0, 0.05) is 6.92 Å². The van der Waals surface area contributed by atoms with Crippen molar-refractivity contribution in [2.75, 3.05) is 5.73 Å². The minimum atomic E-state index is -0.694. The molecular formula is C19H17N3O3. The number of Topliss-reactive ketones (excluding diaryl/α,β-unsaturated/α-hetero) is 1. The van der Waals surface area contributed by atoms with Crippen molar-refractivity contribution in [2.24, 2.45) is 5.73 Å². The van der Waals surface area contributed by atoms with E-state index in [9.17, 15) is 9.59 Å². The molecule has 6 heteroatoms. The summed E-state index contributed by atoms with van der Waals surface area (Å²) in [5.41, 5.74) is 12.8. The van der Waals surface area contributed by atoms with Crippen LogP contribution in [-0.2, 0) is 0 Å². The van der Waals surface area contributed by atoms with Crippen molar-refractivity contribution in [1.29, 1.82) is 0 Å². The van der Waals surface area contributed by atoms with Crippen LogP contribution in [0.3, 0.4) is 0 Å². The van der Waals surface area contributed by atoms with Gasteiger partial charge in [0.1, 0.15) is 17.2 Å². The molecule has 3 rings (SSSR count). The number of nitrogen functional groups attached to an aromatic ring is 1. The number of hydrogen-bond acceptors (Lipinski definition) is 4. The van der Waals surface area contributed by atoms with Crippen molar-refractivity contribution in [2.45, 2.75) is 6.92 Å². The lowest BCUT2D eigenvalue weighted by atomic mass is 10.1. The van der Waals surface area contributed by atoms with Gasteiger partial charge in [0.2, 0.25) is 0 Å². The van der Waals surface area contributed by atoms with Gasteiger partial charge in [-0.25, -0.2) is 0 Å². The van der Waals surface area contributed by atoms with E-state index in [1.165, 1.54) is 6.92 Å². The van der Waals surface area contributed by atoms with Crippen LogP contribution < -0.4 is 16.2 Å². The van der Waals surface area contributed by atoms with E-state index in [2.05, 4.69) is 4.98 Å². The molecule has 5 N–H and O–H groups in total. The number of anilines is 1. The molecule has 0 saturated carbocycles. The number of nitrogens with one attached hydrogen (secondary N) is 1. The molecule has 0 radical (unpaired) electrons. The van der Waals surface area contributed by atoms with Crippen LogP contribution in [0.4, 0.5) is 5.69 Å². The molecule has 0 bridgehead atoms. The van der Waals surface area contributed by atoms with Crippen LogP contribution in [0.25, 0.3) is 11.3 Å². The summed E-state index contributed by atoms with van der Waals surface area (Å²) in [5, 5.41) is 0. The van der Waals surface area contributed by atoms with Gasteiger partial charge in [-0.2, -0.15) is 0 Å². The number of H-pyrrole nitrogens is 1. The molecule has 0 aliphatic rings. The van der Waals surface area contributed by atoms with Crippen molar-refractivity contribution in [1.82, 2.24) is 4.98 Å². The van der Waals surface area contributed by atoms with E-state index in [1.807, 2.05) is 30.3 Å². The number of ketones is 1. The number of ether oxygens (including phenoxy) is 1. The summed E-state index contributed by atoms with van der Waals surface area (Å²) in [6, 6.07) is 16.4. The lowest BCUT2D eigenvalue weighted by Gasteiger charge is -2.07. The predicted molar refractivity (Wildman–Crippen MR) is 95.7 cm³/mol. The van der Waals surface area contributed by atoms with Gasteiger partial charge < -0.3 is 21.2 Å². The third-order valence-corrected chi connectivity index (χ3v) is 3.76. The van der Waals surface area contributed by atoms with Crippen LogP contribution in [0.2, 0.25) is 0 Å². The van der Waals surface area contributed by atoms with Gasteiger partial charge in [0.05, 0.1) is 16.9 Å². The van der Waals surface area contributed by atoms with Crippen LogP contribution in [0.1, 0.15) is 27.8 Å². The van der Waals surface area contributed by atoms with E-state index < -0.39 is 5.91 Å². The zero-order valence-corrected chi connectivity index (χ0v) is 13.6. The molecule has 0 atom stereocenters. The molecular weight excluding hydrogens is 318 g/mol. The van der Waals surface area contributed by atoms with E-state index in [1.54, 1.807) is 24.3 Å². The topological polar surface area (TPSA) is 111 Å². The smallest absolute Gasteiger partial charge is 0.253 e. The van der Waals surface area contributed by atoms with Crippen LogP contribution >= 0.6 is 0 Å². The van der Waals surface area contributed by atoms with Gasteiger partial charge in [-0.3, -0.25) is 9.59 Å². The number of carbonyl (C=O) groups excluding carboxylic acids is 2. The standard InChI is InChI=1S/C19H17N3O3/c1-11(23)17-16(20)15(19(21)24)18(22-17)12-7-9-14(10-8-12)25-13-5-3-2-4-6-13/h2-10,22H,20H2,1H3,(H2,21,24). The molecule has 1 aromatic heterocycles. The average molecular weight is 335 g/mol. The van der Waals surface area contributed by atoms with Crippen LogP contribution in [0.5, 0.6) is 11.5 Å². The highest BCUT2D eigenvalue weighted by Gasteiger charge is 2.22. The quantitative estimate of drug-likeness (QED) is 0.621. The number of aromatic nitrogens is 1. The summed E-state index contributed by atoms with van der Waals surface area (Å²) in [5.74, 6) is 0.397. The fourth-order valence-electron chi connectivity index (χ4n) is 2.58. The zero-order chi connectivity index (χ0) is 18.0. The van der Waals surface area contributed by atoms with Crippen molar-refractivity contribution >= 4 is 17.4 Å². The zero-order valence-electron chi connectivity index (χ0n) is 13.6.